The fourth-order valence-electron chi connectivity index (χ4n) is 2.71. The Bertz CT molecular complexity index is 445. The molecule has 4 nitrogen and oxygen atoms in total. The van der Waals surface area contributed by atoms with Crippen LogP contribution < -0.4 is 14.8 Å². The Balaban J connectivity index is 1.50. The van der Waals surface area contributed by atoms with E-state index in [1.54, 1.807) is 0 Å². The lowest BCUT2D eigenvalue weighted by Gasteiger charge is -2.25. The standard InChI is InChI=1S/C16H23NO3/c1-17-14(10-18-8-7-12-3-2-4-12)13-5-6-15-16(9-13)20-11-19-15/h5-6,9,12,14,17H,2-4,7-8,10-11H2,1H3. The van der Waals surface area contributed by atoms with Crippen molar-refractivity contribution in [3.05, 3.63) is 23.8 Å². The summed E-state index contributed by atoms with van der Waals surface area (Å²) in [5.41, 5.74) is 1.18. The minimum atomic E-state index is 0.200. The molecule has 0 saturated heterocycles. The van der Waals surface area contributed by atoms with Gasteiger partial charge in [0, 0.05) is 6.61 Å². The molecule has 0 aromatic heterocycles. The maximum Gasteiger partial charge on any atom is 0.231 e. The summed E-state index contributed by atoms with van der Waals surface area (Å²) >= 11 is 0. The first-order valence-electron chi connectivity index (χ1n) is 7.51. The molecule has 2 aliphatic rings. The van der Waals surface area contributed by atoms with Gasteiger partial charge in [-0.1, -0.05) is 25.3 Å². The van der Waals surface area contributed by atoms with Crippen LogP contribution in [-0.4, -0.2) is 27.1 Å². The smallest absolute Gasteiger partial charge is 0.231 e. The molecule has 1 fully saturated rings. The number of hydrogen-bond donors (Lipinski definition) is 1. The van der Waals surface area contributed by atoms with E-state index in [2.05, 4.69) is 11.4 Å². The Kier molecular flexibility index (Phi) is 4.43. The summed E-state index contributed by atoms with van der Waals surface area (Å²) in [6.07, 6.45) is 5.39. The molecule has 0 spiro atoms. The molecule has 1 atom stereocenters. The van der Waals surface area contributed by atoms with Crippen LogP contribution in [0.1, 0.15) is 37.3 Å². The summed E-state index contributed by atoms with van der Waals surface area (Å²) in [5, 5.41) is 3.30. The van der Waals surface area contributed by atoms with Crippen molar-refractivity contribution in [3.63, 3.8) is 0 Å². The molecular formula is C16H23NO3. The fourth-order valence-corrected chi connectivity index (χ4v) is 2.71. The molecule has 0 amide bonds. The van der Waals surface area contributed by atoms with Crippen molar-refractivity contribution < 1.29 is 14.2 Å². The molecule has 1 aliphatic heterocycles. The number of likely N-dealkylation sites (N-methyl/N-ethyl adjacent to an activating group) is 1. The normalized spacial score (nSPS) is 18.9. The van der Waals surface area contributed by atoms with Crippen molar-refractivity contribution >= 4 is 0 Å². The molecule has 1 saturated carbocycles. The van der Waals surface area contributed by atoms with Crippen LogP contribution in [0.15, 0.2) is 18.2 Å². The number of nitrogens with one attached hydrogen (secondary N) is 1. The van der Waals surface area contributed by atoms with E-state index in [0.717, 1.165) is 24.0 Å². The van der Waals surface area contributed by atoms with Gasteiger partial charge in [-0.3, -0.25) is 0 Å². The van der Waals surface area contributed by atoms with Crippen molar-refractivity contribution in [1.82, 2.24) is 5.32 Å². The highest BCUT2D eigenvalue weighted by molar-refractivity contribution is 5.45. The Labute approximate surface area is 120 Å². The molecule has 1 aromatic carbocycles. The van der Waals surface area contributed by atoms with Crippen LogP contribution in [0.3, 0.4) is 0 Å². The third-order valence-electron chi connectivity index (χ3n) is 4.33. The average Bonchev–Trinajstić information content (AvgIpc) is 2.88. The molecule has 0 radical (unpaired) electrons. The minimum Gasteiger partial charge on any atom is -0.454 e. The van der Waals surface area contributed by atoms with Crippen LogP contribution in [0.25, 0.3) is 0 Å². The summed E-state index contributed by atoms with van der Waals surface area (Å²) in [7, 11) is 1.96. The van der Waals surface area contributed by atoms with Gasteiger partial charge in [0.2, 0.25) is 6.79 Å². The van der Waals surface area contributed by atoms with Crippen molar-refractivity contribution in [2.75, 3.05) is 27.1 Å². The third kappa shape index (κ3) is 3.07. The van der Waals surface area contributed by atoms with Gasteiger partial charge in [-0.15, -0.1) is 0 Å². The first kappa shape index (κ1) is 13.7. The molecule has 1 aromatic rings. The third-order valence-corrected chi connectivity index (χ3v) is 4.33. The van der Waals surface area contributed by atoms with E-state index < -0.39 is 0 Å². The summed E-state index contributed by atoms with van der Waals surface area (Å²) in [6.45, 7) is 1.89. The predicted molar refractivity (Wildman–Crippen MR) is 77.1 cm³/mol. The van der Waals surface area contributed by atoms with Gasteiger partial charge < -0.3 is 19.5 Å². The highest BCUT2D eigenvalue weighted by atomic mass is 16.7. The van der Waals surface area contributed by atoms with Crippen LogP contribution in [0.5, 0.6) is 11.5 Å². The molecule has 3 rings (SSSR count). The molecule has 1 aliphatic carbocycles. The summed E-state index contributed by atoms with van der Waals surface area (Å²) in [5.74, 6) is 2.57. The highest BCUT2D eigenvalue weighted by Crippen LogP contribution is 2.34. The Morgan fingerprint density at radius 1 is 1.30 bits per heavy atom. The van der Waals surface area contributed by atoms with E-state index in [4.69, 9.17) is 14.2 Å². The SMILES string of the molecule is CNC(COCCC1CCC1)c1ccc2c(c1)OCO2. The summed E-state index contributed by atoms with van der Waals surface area (Å²) < 4.78 is 16.6. The lowest BCUT2D eigenvalue weighted by atomic mass is 9.83. The van der Waals surface area contributed by atoms with Crippen LogP contribution in [0, 0.1) is 5.92 Å². The van der Waals surface area contributed by atoms with E-state index in [9.17, 15) is 0 Å². The highest BCUT2D eigenvalue weighted by Gasteiger charge is 2.19. The van der Waals surface area contributed by atoms with Gasteiger partial charge in [0.15, 0.2) is 11.5 Å². The van der Waals surface area contributed by atoms with Crippen molar-refractivity contribution in [3.8, 4) is 11.5 Å². The lowest BCUT2D eigenvalue weighted by molar-refractivity contribution is 0.0904. The van der Waals surface area contributed by atoms with Crippen LogP contribution in [0.4, 0.5) is 0 Å². The molecular weight excluding hydrogens is 254 g/mol. The van der Waals surface area contributed by atoms with Crippen molar-refractivity contribution in [2.45, 2.75) is 31.7 Å². The van der Waals surface area contributed by atoms with Crippen LogP contribution >= 0.6 is 0 Å². The summed E-state index contributed by atoms with van der Waals surface area (Å²) in [6, 6.07) is 6.28. The second-order valence-electron chi connectivity index (χ2n) is 5.61. The van der Waals surface area contributed by atoms with E-state index in [1.165, 1.54) is 31.2 Å². The molecule has 110 valence electrons. The zero-order chi connectivity index (χ0) is 13.8. The van der Waals surface area contributed by atoms with Gasteiger partial charge in [0.1, 0.15) is 0 Å². The maximum atomic E-state index is 5.83. The fraction of sp³-hybridized carbons (Fsp3) is 0.625. The quantitative estimate of drug-likeness (QED) is 0.778. The molecule has 1 heterocycles. The van der Waals surface area contributed by atoms with Gasteiger partial charge in [-0.2, -0.15) is 0 Å². The maximum absolute atomic E-state index is 5.83. The van der Waals surface area contributed by atoms with Crippen molar-refractivity contribution in [2.24, 2.45) is 5.92 Å². The monoisotopic (exact) mass is 277 g/mol. The Morgan fingerprint density at radius 3 is 2.90 bits per heavy atom. The number of rotatable bonds is 7. The van der Waals surface area contributed by atoms with Gasteiger partial charge >= 0.3 is 0 Å². The Hall–Kier alpha value is -1.26. The largest absolute Gasteiger partial charge is 0.454 e. The van der Waals surface area contributed by atoms with E-state index in [0.29, 0.717) is 13.4 Å². The number of benzene rings is 1. The Morgan fingerprint density at radius 2 is 2.15 bits per heavy atom. The minimum absolute atomic E-state index is 0.200. The zero-order valence-corrected chi connectivity index (χ0v) is 12.1. The van der Waals surface area contributed by atoms with Crippen LogP contribution in [-0.2, 0) is 4.74 Å². The molecule has 0 bridgehead atoms. The molecule has 1 N–H and O–H groups in total. The van der Waals surface area contributed by atoms with Gasteiger partial charge in [-0.25, -0.2) is 0 Å². The van der Waals surface area contributed by atoms with Gasteiger partial charge in [-0.05, 0) is 37.1 Å². The zero-order valence-electron chi connectivity index (χ0n) is 12.1. The molecule has 20 heavy (non-hydrogen) atoms. The summed E-state index contributed by atoms with van der Waals surface area (Å²) in [4.78, 5) is 0. The molecule has 4 heteroatoms. The van der Waals surface area contributed by atoms with E-state index in [1.807, 2.05) is 19.2 Å². The van der Waals surface area contributed by atoms with Gasteiger partial charge in [0.05, 0.1) is 12.6 Å². The molecule has 1 unspecified atom stereocenters. The topological polar surface area (TPSA) is 39.7 Å². The average molecular weight is 277 g/mol. The lowest BCUT2D eigenvalue weighted by Crippen LogP contribution is -2.23. The number of hydrogen-bond acceptors (Lipinski definition) is 4. The second kappa shape index (κ2) is 6.46. The van der Waals surface area contributed by atoms with Crippen molar-refractivity contribution in [1.29, 1.82) is 0 Å². The first-order chi connectivity index (χ1) is 9.86. The van der Waals surface area contributed by atoms with E-state index in [-0.39, 0.29) is 6.04 Å². The second-order valence-corrected chi connectivity index (χ2v) is 5.61. The number of fused-ring (bicyclic) bond motifs is 1. The predicted octanol–water partition coefficient (Wildman–Crippen LogP) is 2.88. The first-order valence-corrected chi connectivity index (χ1v) is 7.51. The van der Waals surface area contributed by atoms with Gasteiger partial charge in [0.25, 0.3) is 0 Å². The van der Waals surface area contributed by atoms with E-state index >= 15 is 0 Å². The van der Waals surface area contributed by atoms with Crippen LogP contribution in [0.2, 0.25) is 0 Å². The number of ether oxygens (including phenoxy) is 3.